The van der Waals surface area contributed by atoms with Gasteiger partial charge in [-0.15, -0.1) is 0 Å². The molecule has 5 nitrogen and oxygen atoms in total. The number of aromatic nitrogens is 2. The van der Waals surface area contributed by atoms with Crippen LogP contribution in [-0.4, -0.2) is 33.9 Å². The Bertz CT molecular complexity index is 480. The number of carbonyl (C=O) groups is 1. The van der Waals surface area contributed by atoms with Gasteiger partial charge in [0, 0.05) is 11.7 Å². The van der Waals surface area contributed by atoms with Crippen LogP contribution in [0.5, 0.6) is 0 Å². The van der Waals surface area contributed by atoms with E-state index in [1.165, 1.54) is 5.56 Å². The Hall–Kier alpha value is -1.36. The SMILES string of the molecule is CCOC(=O)C(C)(Cn1nc(C)c(C)c1C)NC(C)C. The molecule has 1 unspecified atom stereocenters. The summed E-state index contributed by atoms with van der Waals surface area (Å²) in [5.74, 6) is -0.237. The Morgan fingerprint density at radius 3 is 2.40 bits per heavy atom. The molecule has 0 aliphatic heterocycles. The predicted octanol–water partition coefficient (Wildman–Crippen LogP) is 2.13. The van der Waals surface area contributed by atoms with Crippen molar-refractivity contribution in [2.75, 3.05) is 6.61 Å². The van der Waals surface area contributed by atoms with Crippen molar-refractivity contribution < 1.29 is 9.53 Å². The molecule has 0 bridgehead atoms. The van der Waals surface area contributed by atoms with E-state index in [1.807, 2.05) is 53.1 Å². The van der Waals surface area contributed by atoms with Crippen molar-refractivity contribution in [1.82, 2.24) is 15.1 Å². The summed E-state index contributed by atoms with van der Waals surface area (Å²) in [5.41, 5.74) is 2.47. The molecule has 0 radical (unpaired) electrons. The van der Waals surface area contributed by atoms with Crippen LogP contribution in [0.4, 0.5) is 0 Å². The lowest BCUT2D eigenvalue weighted by Crippen LogP contribution is -2.56. The highest BCUT2D eigenvalue weighted by atomic mass is 16.5. The number of rotatable bonds is 6. The van der Waals surface area contributed by atoms with Crippen LogP contribution >= 0.6 is 0 Å². The van der Waals surface area contributed by atoms with E-state index >= 15 is 0 Å². The van der Waals surface area contributed by atoms with Crippen molar-refractivity contribution >= 4 is 5.97 Å². The summed E-state index contributed by atoms with van der Waals surface area (Å²) in [7, 11) is 0. The summed E-state index contributed by atoms with van der Waals surface area (Å²) in [4.78, 5) is 12.3. The van der Waals surface area contributed by atoms with E-state index in [-0.39, 0.29) is 12.0 Å². The molecule has 0 amide bonds. The second-order valence-electron chi connectivity index (χ2n) is 5.81. The van der Waals surface area contributed by atoms with Crippen molar-refractivity contribution in [3.63, 3.8) is 0 Å². The second-order valence-corrected chi connectivity index (χ2v) is 5.81. The van der Waals surface area contributed by atoms with Crippen LogP contribution in [0.25, 0.3) is 0 Å². The van der Waals surface area contributed by atoms with Gasteiger partial charge in [-0.2, -0.15) is 5.10 Å². The number of hydrogen-bond acceptors (Lipinski definition) is 4. The fraction of sp³-hybridized carbons (Fsp3) is 0.733. The van der Waals surface area contributed by atoms with Crippen molar-refractivity contribution in [3.05, 3.63) is 17.0 Å². The quantitative estimate of drug-likeness (QED) is 0.812. The highest BCUT2D eigenvalue weighted by Gasteiger charge is 2.36. The molecule has 0 aliphatic rings. The van der Waals surface area contributed by atoms with Gasteiger partial charge >= 0.3 is 5.97 Å². The van der Waals surface area contributed by atoms with Gasteiger partial charge in [-0.25, -0.2) is 4.79 Å². The van der Waals surface area contributed by atoms with Gasteiger partial charge in [-0.1, -0.05) is 0 Å². The average molecular weight is 281 g/mol. The zero-order chi connectivity index (χ0) is 15.5. The minimum Gasteiger partial charge on any atom is -0.465 e. The number of nitrogens with zero attached hydrogens (tertiary/aromatic N) is 2. The molecule has 1 heterocycles. The van der Waals surface area contributed by atoms with Gasteiger partial charge < -0.3 is 4.74 Å². The molecular formula is C15H27N3O2. The van der Waals surface area contributed by atoms with Crippen molar-refractivity contribution in [2.24, 2.45) is 0 Å². The number of esters is 1. The van der Waals surface area contributed by atoms with E-state index in [2.05, 4.69) is 10.4 Å². The fourth-order valence-electron chi connectivity index (χ4n) is 2.34. The molecule has 114 valence electrons. The van der Waals surface area contributed by atoms with Gasteiger partial charge in [-0.3, -0.25) is 10.00 Å². The fourth-order valence-corrected chi connectivity index (χ4v) is 2.34. The van der Waals surface area contributed by atoms with Gasteiger partial charge in [0.05, 0.1) is 18.8 Å². The summed E-state index contributed by atoms with van der Waals surface area (Å²) in [5, 5.41) is 7.82. The number of hydrogen-bond donors (Lipinski definition) is 1. The van der Waals surface area contributed by atoms with Crippen LogP contribution in [0.15, 0.2) is 0 Å². The third kappa shape index (κ3) is 3.60. The van der Waals surface area contributed by atoms with Gasteiger partial charge in [0.25, 0.3) is 0 Å². The number of carbonyl (C=O) groups excluding carboxylic acids is 1. The first kappa shape index (κ1) is 16.7. The average Bonchev–Trinajstić information content (AvgIpc) is 2.56. The molecule has 1 rings (SSSR count). The molecule has 0 saturated heterocycles. The molecule has 5 heteroatoms. The minimum atomic E-state index is -0.778. The zero-order valence-electron chi connectivity index (χ0n) is 13.7. The first-order valence-electron chi connectivity index (χ1n) is 7.16. The van der Waals surface area contributed by atoms with Gasteiger partial charge in [0.15, 0.2) is 0 Å². The normalized spacial score (nSPS) is 14.4. The van der Waals surface area contributed by atoms with Crippen LogP contribution in [-0.2, 0) is 16.1 Å². The van der Waals surface area contributed by atoms with Crippen LogP contribution < -0.4 is 5.32 Å². The Morgan fingerprint density at radius 2 is 2.00 bits per heavy atom. The second kappa shape index (κ2) is 6.39. The molecule has 1 aromatic heterocycles. The summed E-state index contributed by atoms with van der Waals surface area (Å²) in [6, 6.07) is 0.183. The molecule has 0 fully saturated rings. The Kier molecular flexibility index (Phi) is 5.34. The Morgan fingerprint density at radius 1 is 1.40 bits per heavy atom. The Labute approximate surface area is 121 Å². The Balaban J connectivity index is 3.05. The maximum absolute atomic E-state index is 12.3. The zero-order valence-corrected chi connectivity index (χ0v) is 13.7. The number of ether oxygens (including phenoxy) is 1. The van der Waals surface area contributed by atoms with Crippen molar-refractivity contribution in [3.8, 4) is 0 Å². The largest absolute Gasteiger partial charge is 0.465 e. The van der Waals surface area contributed by atoms with Gasteiger partial charge in [-0.05, 0) is 54.0 Å². The molecular weight excluding hydrogens is 254 g/mol. The minimum absolute atomic E-state index is 0.183. The number of nitrogens with one attached hydrogen (secondary N) is 1. The summed E-state index contributed by atoms with van der Waals surface area (Å²) < 4.78 is 7.10. The summed E-state index contributed by atoms with van der Waals surface area (Å²) in [6.45, 7) is 14.6. The standard InChI is InChI=1S/C15H27N3O2/c1-8-20-14(19)15(7,16-10(2)3)9-18-13(6)11(4)12(5)17-18/h10,16H,8-9H2,1-7H3. The number of aryl methyl sites for hydroxylation is 1. The molecule has 0 saturated carbocycles. The van der Waals surface area contributed by atoms with Crippen LogP contribution in [0.3, 0.4) is 0 Å². The third-order valence-corrected chi connectivity index (χ3v) is 3.54. The van der Waals surface area contributed by atoms with E-state index in [4.69, 9.17) is 4.74 Å². The van der Waals surface area contributed by atoms with Crippen LogP contribution in [0.2, 0.25) is 0 Å². The molecule has 1 atom stereocenters. The lowest BCUT2D eigenvalue weighted by molar-refractivity contribution is -0.151. The smallest absolute Gasteiger partial charge is 0.327 e. The van der Waals surface area contributed by atoms with Crippen LogP contribution in [0.1, 0.15) is 44.6 Å². The van der Waals surface area contributed by atoms with Gasteiger partial charge in [0.2, 0.25) is 0 Å². The lowest BCUT2D eigenvalue weighted by Gasteiger charge is -2.31. The molecule has 1 N–H and O–H groups in total. The lowest BCUT2D eigenvalue weighted by atomic mass is 10.0. The molecule has 0 aromatic carbocycles. The van der Waals surface area contributed by atoms with Crippen LogP contribution in [0, 0.1) is 20.8 Å². The van der Waals surface area contributed by atoms with E-state index < -0.39 is 5.54 Å². The third-order valence-electron chi connectivity index (χ3n) is 3.54. The molecule has 20 heavy (non-hydrogen) atoms. The highest BCUT2D eigenvalue weighted by molar-refractivity contribution is 5.80. The van der Waals surface area contributed by atoms with E-state index in [1.54, 1.807) is 0 Å². The highest BCUT2D eigenvalue weighted by Crippen LogP contribution is 2.17. The summed E-state index contributed by atoms with van der Waals surface area (Å²) >= 11 is 0. The van der Waals surface area contributed by atoms with Crippen molar-refractivity contribution in [1.29, 1.82) is 0 Å². The molecule has 0 spiro atoms. The monoisotopic (exact) mass is 281 g/mol. The first-order chi connectivity index (χ1) is 9.21. The maximum atomic E-state index is 12.3. The predicted molar refractivity (Wildman–Crippen MR) is 79.7 cm³/mol. The van der Waals surface area contributed by atoms with E-state index in [0.29, 0.717) is 13.2 Å². The van der Waals surface area contributed by atoms with E-state index in [0.717, 1.165) is 11.4 Å². The topological polar surface area (TPSA) is 56.2 Å². The van der Waals surface area contributed by atoms with Crippen molar-refractivity contribution in [2.45, 2.75) is 66.6 Å². The van der Waals surface area contributed by atoms with Gasteiger partial charge in [0.1, 0.15) is 5.54 Å². The molecule has 0 aliphatic carbocycles. The first-order valence-corrected chi connectivity index (χ1v) is 7.16. The molecule has 1 aromatic rings. The van der Waals surface area contributed by atoms with E-state index in [9.17, 15) is 4.79 Å². The summed E-state index contributed by atoms with van der Waals surface area (Å²) in [6.07, 6.45) is 0. The maximum Gasteiger partial charge on any atom is 0.327 e.